The molecule has 0 bridgehead atoms. The van der Waals surface area contributed by atoms with Crippen LogP contribution in [0.25, 0.3) is 22.3 Å². The summed E-state index contributed by atoms with van der Waals surface area (Å²) in [6.45, 7) is 2.14. The Morgan fingerprint density at radius 2 is 1.30 bits per heavy atom. The van der Waals surface area contributed by atoms with E-state index in [2.05, 4.69) is 11.6 Å². The van der Waals surface area contributed by atoms with Gasteiger partial charge < -0.3 is 5.11 Å². The molecular weight excluding hydrogens is 434 g/mol. The number of hydrogen-bond acceptors (Lipinski definition) is 3. The highest BCUT2D eigenvalue weighted by atomic mass is 32.2. The molecule has 0 heterocycles. The van der Waals surface area contributed by atoms with Crippen molar-refractivity contribution in [1.29, 1.82) is 0 Å². The van der Waals surface area contributed by atoms with Gasteiger partial charge in [-0.2, -0.15) is 0 Å². The van der Waals surface area contributed by atoms with E-state index in [4.69, 9.17) is 0 Å². The molecule has 0 aliphatic carbocycles. The summed E-state index contributed by atoms with van der Waals surface area (Å²) < 4.78 is 27.4. The SMILES string of the molecule is CCCCCCCCS(=O)(=O)Nc1ccc(-c2ccc(-c3ccccc3)cc2)cc1C(=O)O. The number of carboxylic acids is 1. The molecule has 5 nitrogen and oxygen atoms in total. The van der Waals surface area contributed by atoms with E-state index >= 15 is 0 Å². The summed E-state index contributed by atoms with van der Waals surface area (Å²) in [5.74, 6) is -1.18. The Balaban J connectivity index is 1.72. The highest BCUT2D eigenvalue weighted by molar-refractivity contribution is 7.92. The van der Waals surface area contributed by atoms with E-state index < -0.39 is 16.0 Å². The Labute approximate surface area is 196 Å². The topological polar surface area (TPSA) is 83.5 Å². The zero-order chi connectivity index (χ0) is 23.7. The molecule has 0 unspecified atom stereocenters. The van der Waals surface area contributed by atoms with Gasteiger partial charge in [0, 0.05) is 0 Å². The number of nitrogens with one attached hydrogen (secondary N) is 1. The maximum atomic E-state index is 12.5. The predicted molar refractivity (Wildman–Crippen MR) is 135 cm³/mol. The summed E-state index contributed by atoms with van der Waals surface area (Å²) in [4.78, 5) is 11.9. The van der Waals surface area contributed by atoms with Crippen molar-refractivity contribution in [3.8, 4) is 22.3 Å². The van der Waals surface area contributed by atoms with Gasteiger partial charge in [-0.1, -0.05) is 99.7 Å². The summed E-state index contributed by atoms with van der Waals surface area (Å²) in [5, 5.41) is 9.69. The van der Waals surface area contributed by atoms with E-state index in [1.54, 1.807) is 6.07 Å². The molecule has 33 heavy (non-hydrogen) atoms. The number of benzene rings is 3. The van der Waals surface area contributed by atoms with Crippen LogP contribution in [0.3, 0.4) is 0 Å². The van der Waals surface area contributed by atoms with Crippen molar-refractivity contribution < 1.29 is 18.3 Å². The molecule has 0 fully saturated rings. The fourth-order valence-corrected chi connectivity index (χ4v) is 4.97. The van der Waals surface area contributed by atoms with Crippen LogP contribution in [-0.2, 0) is 10.0 Å². The van der Waals surface area contributed by atoms with Gasteiger partial charge in [-0.3, -0.25) is 4.72 Å². The largest absolute Gasteiger partial charge is 0.478 e. The second-order valence-electron chi connectivity index (χ2n) is 8.20. The van der Waals surface area contributed by atoms with Crippen LogP contribution in [0, 0.1) is 0 Å². The summed E-state index contributed by atoms with van der Waals surface area (Å²) in [6, 6.07) is 22.6. The molecular formula is C27H31NO4S. The minimum Gasteiger partial charge on any atom is -0.478 e. The third-order valence-corrected chi connectivity index (χ3v) is 6.96. The molecule has 0 aromatic heterocycles. The van der Waals surface area contributed by atoms with Gasteiger partial charge in [-0.05, 0) is 40.8 Å². The molecule has 0 spiro atoms. The fraction of sp³-hybridized carbons (Fsp3) is 0.296. The first-order valence-corrected chi connectivity index (χ1v) is 13.1. The molecule has 0 radical (unpaired) electrons. The van der Waals surface area contributed by atoms with Crippen LogP contribution in [0.1, 0.15) is 55.8 Å². The van der Waals surface area contributed by atoms with Crippen molar-refractivity contribution >= 4 is 21.7 Å². The van der Waals surface area contributed by atoms with Gasteiger partial charge in [-0.25, -0.2) is 13.2 Å². The van der Waals surface area contributed by atoms with Crippen molar-refractivity contribution in [3.05, 3.63) is 78.4 Å². The smallest absolute Gasteiger partial charge is 0.337 e. The lowest BCUT2D eigenvalue weighted by Gasteiger charge is -2.13. The number of rotatable bonds is 12. The molecule has 0 amide bonds. The molecule has 2 N–H and O–H groups in total. The van der Waals surface area contributed by atoms with Gasteiger partial charge in [-0.15, -0.1) is 0 Å². The lowest BCUT2D eigenvalue weighted by atomic mass is 9.98. The summed E-state index contributed by atoms with van der Waals surface area (Å²) in [5.41, 5.74) is 3.77. The first-order chi connectivity index (χ1) is 15.9. The molecule has 6 heteroatoms. The zero-order valence-electron chi connectivity index (χ0n) is 19.0. The molecule has 0 saturated heterocycles. The number of carbonyl (C=O) groups is 1. The van der Waals surface area contributed by atoms with Crippen LogP contribution < -0.4 is 4.72 Å². The quantitative estimate of drug-likeness (QED) is 0.287. The van der Waals surface area contributed by atoms with Crippen molar-refractivity contribution in [2.75, 3.05) is 10.5 Å². The number of aromatic carboxylic acids is 1. The number of unbranched alkanes of at least 4 members (excludes halogenated alkanes) is 5. The molecule has 0 saturated carbocycles. The van der Waals surface area contributed by atoms with E-state index in [-0.39, 0.29) is 17.0 Å². The highest BCUT2D eigenvalue weighted by Gasteiger charge is 2.17. The van der Waals surface area contributed by atoms with Crippen LogP contribution >= 0.6 is 0 Å². The van der Waals surface area contributed by atoms with Gasteiger partial charge in [0.15, 0.2) is 0 Å². The number of anilines is 1. The number of hydrogen-bond donors (Lipinski definition) is 2. The Morgan fingerprint density at radius 1 is 0.758 bits per heavy atom. The van der Waals surface area contributed by atoms with E-state index in [0.29, 0.717) is 12.0 Å². The molecule has 3 aromatic rings. The minimum absolute atomic E-state index is 0.0130. The van der Waals surface area contributed by atoms with Crippen molar-refractivity contribution in [2.45, 2.75) is 45.4 Å². The Kier molecular flexibility index (Phi) is 8.66. The van der Waals surface area contributed by atoms with Gasteiger partial charge in [0.25, 0.3) is 0 Å². The van der Waals surface area contributed by atoms with E-state index in [1.807, 2.05) is 54.6 Å². The lowest BCUT2D eigenvalue weighted by Crippen LogP contribution is -2.18. The van der Waals surface area contributed by atoms with Crippen LogP contribution in [0.4, 0.5) is 5.69 Å². The summed E-state index contributed by atoms with van der Waals surface area (Å²) in [6.07, 6.45) is 5.85. The molecule has 3 rings (SSSR count). The van der Waals surface area contributed by atoms with Gasteiger partial charge in [0.1, 0.15) is 0 Å². The molecule has 0 aliphatic rings. The third-order valence-electron chi connectivity index (χ3n) is 5.61. The first kappa shape index (κ1) is 24.5. The second kappa shape index (κ2) is 11.7. The third kappa shape index (κ3) is 7.19. The van der Waals surface area contributed by atoms with Gasteiger partial charge in [0.2, 0.25) is 10.0 Å². The lowest BCUT2D eigenvalue weighted by molar-refractivity contribution is 0.0698. The normalized spacial score (nSPS) is 11.3. The molecule has 3 aromatic carbocycles. The highest BCUT2D eigenvalue weighted by Crippen LogP contribution is 2.28. The fourth-order valence-electron chi connectivity index (χ4n) is 3.77. The van der Waals surface area contributed by atoms with Crippen molar-refractivity contribution in [2.24, 2.45) is 0 Å². The molecule has 0 atom stereocenters. The van der Waals surface area contributed by atoms with E-state index in [1.165, 1.54) is 12.1 Å². The van der Waals surface area contributed by atoms with Crippen molar-refractivity contribution in [3.63, 3.8) is 0 Å². The van der Waals surface area contributed by atoms with Gasteiger partial charge in [0.05, 0.1) is 17.0 Å². The minimum atomic E-state index is -3.61. The first-order valence-electron chi connectivity index (χ1n) is 11.4. The summed E-state index contributed by atoms with van der Waals surface area (Å²) in [7, 11) is -3.61. The van der Waals surface area contributed by atoms with E-state index in [0.717, 1.165) is 48.8 Å². The van der Waals surface area contributed by atoms with Crippen LogP contribution in [0.2, 0.25) is 0 Å². The predicted octanol–water partition coefficient (Wildman–Crippen LogP) is 6.82. The second-order valence-corrected chi connectivity index (χ2v) is 10.0. The monoisotopic (exact) mass is 465 g/mol. The Bertz CT molecular complexity index is 1160. The Hall–Kier alpha value is -3.12. The molecule has 174 valence electrons. The average Bonchev–Trinajstić information content (AvgIpc) is 2.82. The number of sulfonamides is 1. The van der Waals surface area contributed by atoms with Gasteiger partial charge >= 0.3 is 5.97 Å². The van der Waals surface area contributed by atoms with Crippen molar-refractivity contribution in [1.82, 2.24) is 0 Å². The maximum Gasteiger partial charge on any atom is 0.337 e. The number of carboxylic acid groups (broad SMARTS) is 1. The Morgan fingerprint density at radius 3 is 1.94 bits per heavy atom. The molecule has 0 aliphatic heterocycles. The van der Waals surface area contributed by atoms with E-state index in [9.17, 15) is 18.3 Å². The summed E-state index contributed by atoms with van der Waals surface area (Å²) >= 11 is 0. The van der Waals surface area contributed by atoms with Crippen LogP contribution in [0.5, 0.6) is 0 Å². The zero-order valence-corrected chi connectivity index (χ0v) is 19.8. The van der Waals surface area contributed by atoms with Crippen LogP contribution in [-0.4, -0.2) is 25.2 Å². The standard InChI is InChI=1S/C27H31NO4S/c1-2-3-4-5-6-10-19-33(31,32)28-26-18-17-24(20-25(26)27(29)30)23-15-13-22(14-16-23)21-11-8-7-9-12-21/h7-9,11-18,20,28H,2-6,10,19H2,1H3,(H,29,30). The maximum absolute atomic E-state index is 12.5. The van der Waals surface area contributed by atoms with Crippen LogP contribution in [0.15, 0.2) is 72.8 Å². The average molecular weight is 466 g/mol.